The predicted molar refractivity (Wildman–Crippen MR) is 81.2 cm³/mol. The second-order valence-corrected chi connectivity index (χ2v) is 5.29. The van der Waals surface area contributed by atoms with Crippen LogP contribution in [0.4, 0.5) is 10.1 Å². The fraction of sp³-hybridized carbons (Fsp3) is 0.429. The second kappa shape index (κ2) is 6.65. The Morgan fingerprint density at radius 3 is 2.65 bits per heavy atom. The number of nitrogens with zero attached hydrogens (tertiary/aromatic N) is 1. The van der Waals surface area contributed by atoms with E-state index in [4.69, 9.17) is 18.0 Å². The number of carbonyl (C=O) groups is 1. The van der Waals surface area contributed by atoms with E-state index in [1.165, 1.54) is 18.6 Å². The number of halogens is 1. The molecular formula is C14H18FN3OS. The molecule has 0 atom stereocenters. The van der Waals surface area contributed by atoms with Gasteiger partial charge in [-0.2, -0.15) is 0 Å². The number of nitrogens with two attached hydrogens (primary N) is 1. The van der Waals surface area contributed by atoms with E-state index in [9.17, 15) is 9.18 Å². The summed E-state index contributed by atoms with van der Waals surface area (Å²) in [7, 11) is 0. The number of amides is 1. The van der Waals surface area contributed by atoms with Gasteiger partial charge in [-0.05, 0) is 37.5 Å². The second-order valence-electron chi connectivity index (χ2n) is 4.85. The molecule has 108 valence electrons. The summed E-state index contributed by atoms with van der Waals surface area (Å²) < 4.78 is 13.7. The number of carbonyl (C=O) groups excluding carboxylic acids is 1. The van der Waals surface area contributed by atoms with Crippen molar-refractivity contribution in [3.05, 3.63) is 29.6 Å². The molecule has 1 aromatic rings. The molecule has 4 nitrogen and oxygen atoms in total. The number of rotatable bonds is 4. The van der Waals surface area contributed by atoms with Gasteiger partial charge in [-0.25, -0.2) is 4.39 Å². The molecule has 0 spiro atoms. The van der Waals surface area contributed by atoms with Crippen LogP contribution in [0.15, 0.2) is 18.2 Å². The van der Waals surface area contributed by atoms with Crippen molar-refractivity contribution in [3.63, 3.8) is 0 Å². The molecule has 6 heteroatoms. The maximum atomic E-state index is 13.7. The minimum absolute atomic E-state index is 0.0263. The number of thiocarbonyl (C=S) groups is 1. The Labute approximate surface area is 123 Å². The van der Waals surface area contributed by atoms with Crippen LogP contribution in [0.3, 0.4) is 0 Å². The van der Waals surface area contributed by atoms with Gasteiger partial charge in [-0.1, -0.05) is 12.2 Å². The van der Waals surface area contributed by atoms with E-state index < -0.39 is 5.82 Å². The maximum absolute atomic E-state index is 13.7. The molecular weight excluding hydrogens is 277 g/mol. The molecule has 1 aliphatic heterocycles. The van der Waals surface area contributed by atoms with Gasteiger partial charge in [0.05, 0.1) is 6.54 Å². The normalized spacial score (nSPS) is 14.9. The molecule has 0 radical (unpaired) electrons. The molecule has 1 aromatic carbocycles. The minimum atomic E-state index is -0.479. The zero-order valence-electron chi connectivity index (χ0n) is 11.2. The Morgan fingerprint density at radius 1 is 1.35 bits per heavy atom. The van der Waals surface area contributed by atoms with Crippen molar-refractivity contribution < 1.29 is 9.18 Å². The number of hydrogen-bond donors (Lipinski definition) is 2. The van der Waals surface area contributed by atoms with E-state index in [1.807, 2.05) is 4.90 Å². The lowest BCUT2D eigenvalue weighted by molar-refractivity contribution is -0.130. The van der Waals surface area contributed by atoms with Crippen molar-refractivity contribution in [2.24, 2.45) is 5.73 Å². The van der Waals surface area contributed by atoms with Crippen molar-refractivity contribution in [2.75, 3.05) is 25.0 Å². The molecule has 0 bridgehead atoms. The Balaban J connectivity index is 1.92. The molecule has 0 aromatic heterocycles. The van der Waals surface area contributed by atoms with Gasteiger partial charge >= 0.3 is 0 Å². The zero-order chi connectivity index (χ0) is 14.5. The lowest BCUT2D eigenvalue weighted by Gasteiger charge is -2.26. The van der Waals surface area contributed by atoms with Gasteiger partial charge in [0, 0.05) is 24.3 Å². The summed E-state index contributed by atoms with van der Waals surface area (Å²) in [6.45, 7) is 1.80. The van der Waals surface area contributed by atoms with E-state index in [0.29, 0.717) is 5.69 Å². The Kier molecular flexibility index (Phi) is 4.89. The lowest BCUT2D eigenvalue weighted by Crippen LogP contribution is -2.39. The molecule has 20 heavy (non-hydrogen) atoms. The van der Waals surface area contributed by atoms with Crippen LogP contribution in [0.2, 0.25) is 0 Å². The summed E-state index contributed by atoms with van der Waals surface area (Å²) in [5.41, 5.74) is 6.16. The van der Waals surface area contributed by atoms with Gasteiger partial charge in [0.15, 0.2) is 0 Å². The minimum Gasteiger partial charge on any atom is -0.389 e. The van der Waals surface area contributed by atoms with E-state index in [2.05, 4.69) is 5.32 Å². The van der Waals surface area contributed by atoms with E-state index >= 15 is 0 Å². The number of piperidine rings is 1. The van der Waals surface area contributed by atoms with Crippen LogP contribution in [0, 0.1) is 5.82 Å². The maximum Gasteiger partial charge on any atom is 0.241 e. The average molecular weight is 295 g/mol. The summed E-state index contributed by atoms with van der Waals surface area (Å²) in [6, 6.07) is 4.49. The highest BCUT2D eigenvalue weighted by Crippen LogP contribution is 2.15. The molecule has 1 amide bonds. The molecule has 0 aliphatic carbocycles. The molecule has 0 unspecified atom stereocenters. The monoisotopic (exact) mass is 295 g/mol. The van der Waals surface area contributed by atoms with Crippen molar-refractivity contribution in [2.45, 2.75) is 19.3 Å². The van der Waals surface area contributed by atoms with Gasteiger partial charge in [-0.3, -0.25) is 4.79 Å². The van der Waals surface area contributed by atoms with Crippen molar-refractivity contribution in [1.82, 2.24) is 4.90 Å². The fourth-order valence-electron chi connectivity index (χ4n) is 2.26. The number of anilines is 1. The van der Waals surface area contributed by atoms with E-state index in [1.54, 1.807) is 6.07 Å². The predicted octanol–water partition coefficient (Wildman–Crippen LogP) is 1.88. The third-order valence-electron chi connectivity index (χ3n) is 3.39. The molecule has 2 rings (SSSR count). The third-order valence-corrected chi connectivity index (χ3v) is 3.61. The summed E-state index contributed by atoms with van der Waals surface area (Å²) >= 11 is 4.74. The molecule has 1 saturated heterocycles. The van der Waals surface area contributed by atoms with Gasteiger partial charge in [0.25, 0.3) is 0 Å². The number of nitrogens with one attached hydrogen (secondary N) is 1. The zero-order valence-corrected chi connectivity index (χ0v) is 12.0. The molecule has 1 fully saturated rings. The van der Waals surface area contributed by atoms with Crippen LogP contribution in [-0.2, 0) is 4.79 Å². The van der Waals surface area contributed by atoms with Crippen molar-refractivity contribution in [3.8, 4) is 0 Å². The molecule has 1 heterocycles. The first-order valence-corrected chi connectivity index (χ1v) is 7.10. The van der Waals surface area contributed by atoms with Crippen LogP contribution in [0.1, 0.15) is 24.8 Å². The van der Waals surface area contributed by atoms with Crippen LogP contribution in [0.25, 0.3) is 0 Å². The van der Waals surface area contributed by atoms with Crippen molar-refractivity contribution >= 4 is 28.8 Å². The fourth-order valence-corrected chi connectivity index (χ4v) is 2.42. The lowest BCUT2D eigenvalue weighted by atomic mass is 10.1. The first-order chi connectivity index (χ1) is 9.58. The van der Waals surface area contributed by atoms with Crippen molar-refractivity contribution in [1.29, 1.82) is 0 Å². The molecule has 3 N–H and O–H groups in total. The largest absolute Gasteiger partial charge is 0.389 e. The van der Waals surface area contributed by atoms with Gasteiger partial charge in [0.2, 0.25) is 5.91 Å². The number of benzene rings is 1. The summed E-state index contributed by atoms with van der Waals surface area (Å²) in [5, 5.41) is 2.93. The Morgan fingerprint density at radius 2 is 2.05 bits per heavy atom. The topological polar surface area (TPSA) is 58.4 Å². The average Bonchev–Trinajstić information content (AvgIpc) is 2.45. The smallest absolute Gasteiger partial charge is 0.241 e. The van der Waals surface area contributed by atoms with Gasteiger partial charge in [0.1, 0.15) is 10.8 Å². The number of likely N-dealkylation sites (tertiary alicyclic amines) is 1. The third kappa shape index (κ3) is 3.66. The highest BCUT2D eigenvalue weighted by atomic mass is 32.1. The SMILES string of the molecule is NC(=S)c1ccc(NCC(=O)N2CCCCC2)cc1F. The van der Waals surface area contributed by atoms with Gasteiger partial charge < -0.3 is 16.0 Å². The quantitative estimate of drug-likeness (QED) is 0.833. The Bertz CT molecular complexity index is 515. The Hall–Kier alpha value is -1.69. The van der Waals surface area contributed by atoms with E-state index in [-0.39, 0.29) is 23.0 Å². The summed E-state index contributed by atoms with van der Waals surface area (Å²) in [5.74, 6) is -0.434. The summed E-state index contributed by atoms with van der Waals surface area (Å²) in [4.78, 5) is 13.8. The van der Waals surface area contributed by atoms with Crippen LogP contribution in [0.5, 0.6) is 0 Å². The van der Waals surface area contributed by atoms with Crippen LogP contribution < -0.4 is 11.1 Å². The van der Waals surface area contributed by atoms with Gasteiger partial charge in [-0.15, -0.1) is 0 Å². The first kappa shape index (κ1) is 14.7. The number of hydrogen-bond acceptors (Lipinski definition) is 3. The van der Waals surface area contributed by atoms with Crippen LogP contribution >= 0.6 is 12.2 Å². The molecule has 1 aliphatic rings. The summed E-state index contributed by atoms with van der Waals surface area (Å²) in [6.07, 6.45) is 3.30. The highest BCUT2D eigenvalue weighted by Gasteiger charge is 2.16. The highest BCUT2D eigenvalue weighted by molar-refractivity contribution is 7.80. The standard InChI is InChI=1S/C14H18FN3OS/c15-12-8-10(4-5-11(12)14(16)20)17-9-13(19)18-6-2-1-3-7-18/h4-5,8,17H,1-3,6-7,9H2,(H2,16,20). The van der Waals surface area contributed by atoms with E-state index in [0.717, 1.165) is 25.9 Å². The first-order valence-electron chi connectivity index (χ1n) is 6.69. The van der Waals surface area contributed by atoms with Crippen LogP contribution in [-0.4, -0.2) is 35.4 Å². The molecule has 0 saturated carbocycles.